The zero-order valence-corrected chi connectivity index (χ0v) is 6.14. The second-order valence-corrected chi connectivity index (χ2v) is 2.25. The van der Waals surface area contributed by atoms with Crippen molar-refractivity contribution in [3.63, 3.8) is 0 Å². The minimum atomic E-state index is -4.63. The summed E-state index contributed by atoms with van der Waals surface area (Å²) >= 11 is 0. The molecule has 1 N–H and O–H groups in total. The lowest BCUT2D eigenvalue weighted by molar-refractivity contribution is -0.141. The molecule has 0 unspecified atom stereocenters. The van der Waals surface area contributed by atoms with Crippen molar-refractivity contribution in [2.75, 3.05) is 0 Å². The van der Waals surface area contributed by atoms with Crippen LogP contribution >= 0.6 is 0 Å². The summed E-state index contributed by atoms with van der Waals surface area (Å²) in [6.45, 7) is 0. The van der Waals surface area contributed by atoms with E-state index in [1.165, 1.54) is 6.07 Å². The summed E-state index contributed by atoms with van der Waals surface area (Å²) in [6.07, 6.45) is -4.63. The predicted molar refractivity (Wildman–Crippen MR) is 36.8 cm³/mol. The first-order valence-corrected chi connectivity index (χ1v) is 3.15. The van der Waals surface area contributed by atoms with Crippen LogP contribution in [0.3, 0.4) is 0 Å². The van der Waals surface area contributed by atoms with E-state index in [-0.39, 0.29) is 0 Å². The SMILES string of the molecule is N#Cc1cc(=O)cc(C(F)(F)F)[nH]1. The molecule has 0 saturated heterocycles. The monoisotopic (exact) mass is 188 g/mol. The number of halogens is 3. The van der Waals surface area contributed by atoms with Crippen molar-refractivity contribution in [2.45, 2.75) is 6.18 Å². The first-order valence-electron chi connectivity index (χ1n) is 3.15. The van der Waals surface area contributed by atoms with E-state index in [0.29, 0.717) is 6.07 Å². The van der Waals surface area contributed by atoms with Crippen LogP contribution in [-0.2, 0) is 6.18 Å². The molecule has 0 radical (unpaired) electrons. The van der Waals surface area contributed by atoms with Crippen LogP contribution in [0.15, 0.2) is 16.9 Å². The molecule has 6 heteroatoms. The summed E-state index contributed by atoms with van der Waals surface area (Å²) < 4.78 is 36.0. The molecular weight excluding hydrogens is 185 g/mol. The van der Waals surface area contributed by atoms with Crippen LogP contribution in [0.25, 0.3) is 0 Å². The number of rotatable bonds is 0. The van der Waals surface area contributed by atoms with E-state index < -0.39 is 23.0 Å². The normalized spacial score (nSPS) is 10.9. The Balaban J connectivity index is 3.35. The fraction of sp³-hybridized carbons (Fsp3) is 0.143. The van der Waals surface area contributed by atoms with Crippen LogP contribution in [0.2, 0.25) is 0 Å². The molecule has 68 valence electrons. The average molecular weight is 188 g/mol. The quantitative estimate of drug-likeness (QED) is 0.666. The number of aromatic nitrogens is 1. The first kappa shape index (κ1) is 9.32. The van der Waals surface area contributed by atoms with Gasteiger partial charge in [0.05, 0.1) is 0 Å². The van der Waals surface area contributed by atoms with Crippen molar-refractivity contribution >= 4 is 0 Å². The molecule has 3 nitrogen and oxygen atoms in total. The highest BCUT2D eigenvalue weighted by Crippen LogP contribution is 2.26. The largest absolute Gasteiger partial charge is 0.431 e. The lowest BCUT2D eigenvalue weighted by Crippen LogP contribution is -2.13. The minimum absolute atomic E-state index is 0.403. The van der Waals surface area contributed by atoms with Gasteiger partial charge in [0.25, 0.3) is 0 Å². The minimum Gasteiger partial charge on any atom is -0.343 e. The van der Waals surface area contributed by atoms with Crippen molar-refractivity contribution < 1.29 is 13.2 Å². The summed E-state index contributed by atoms with van der Waals surface area (Å²) in [7, 11) is 0. The van der Waals surface area contributed by atoms with E-state index in [0.717, 1.165) is 6.07 Å². The molecular formula is C7H3F3N2O. The Morgan fingerprint density at radius 1 is 1.38 bits per heavy atom. The molecule has 0 aliphatic carbocycles. The summed E-state index contributed by atoms with van der Waals surface area (Å²) in [5.74, 6) is 0. The zero-order chi connectivity index (χ0) is 10.1. The summed E-state index contributed by atoms with van der Waals surface area (Å²) in [6, 6.07) is 2.63. The smallest absolute Gasteiger partial charge is 0.343 e. The van der Waals surface area contributed by atoms with E-state index in [1.54, 1.807) is 4.98 Å². The second-order valence-electron chi connectivity index (χ2n) is 2.25. The molecule has 0 aliphatic rings. The summed E-state index contributed by atoms with van der Waals surface area (Å²) in [4.78, 5) is 12.4. The molecule has 0 atom stereocenters. The number of alkyl halides is 3. The Morgan fingerprint density at radius 3 is 2.46 bits per heavy atom. The highest BCUT2D eigenvalue weighted by molar-refractivity contribution is 5.23. The van der Waals surface area contributed by atoms with Gasteiger partial charge in [0.15, 0.2) is 5.43 Å². The molecule has 1 heterocycles. The van der Waals surface area contributed by atoms with Gasteiger partial charge in [0, 0.05) is 12.1 Å². The highest BCUT2D eigenvalue weighted by Gasteiger charge is 2.32. The van der Waals surface area contributed by atoms with Crippen molar-refractivity contribution in [1.29, 1.82) is 5.26 Å². The van der Waals surface area contributed by atoms with Gasteiger partial charge >= 0.3 is 6.18 Å². The summed E-state index contributed by atoms with van der Waals surface area (Å²) in [5.41, 5.74) is -2.46. The van der Waals surface area contributed by atoms with E-state index in [1.807, 2.05) is 0 Å². The molecule has 0 aromatic carbocycles. The number of hydrogen-bond donors (Lipinski definition) is 1. The Hall–Kier alpha value is -1.77. The predicted octanol–water partition coefficient (Wildman–Crippen LogP) is 1.27. The van der Waals surface area contributed by atoms with Crippen LogP contribution in [0, 0.1) is 11.3 Å². The molecule has 1 aromatic heterocycles. The topological polar surface area (TPSA) is 56.6 Å². The van der Waals surface area contributed by atoms with Crippen LogP contribution in [0.1, 0.15) is 11.4 Å². The standard InChI is InChI=1S/C7H3F3N2O/c8-7(9,10)6-2-5(13)1-4(3-11)12-6/h1-2H,(H,12,13). The van der Waals surface area contributed by atoms with Gasteiger partial charge < -0.3 is 4.98 Å². The molecule has 0 bridgehead atoms. The maximum Gasteiger partial charge on any atom is 0.431 e. The molecule has 0 fully saturated rings. The average Bonchev–Trinajstić information content (AvgIpc) is 2.01. The van der Waals surface area contributed by atoms with E-state index in [9.17, 15) is 18.0 Å². The number of hydrogen-bond acceptors (Lipinski definition) is 2. The van der Waals surface area contributed by atoms with Gasteiger partial charge in [-0.3, -0.25) is 4.79 Å². The zero-order valence-electron chi connectivity index (χ0n) is 6.14. The molecule has 13 heavy (non-hydrogen) atoms. The first-order chi connectivity index (χ1) is 5.93. The van der Waals surface area contributed by atoms with Crippen molar-refractivity contribution in [1.82, 2.24) is 4.98 Å². The Labute approximate surface area is 70.4 Å². The Kier molecular flexibility index (Phi) is 2.10. The van der Waals surface area contributed by atoms with Gasteiger partial charge in [0.2, 0.25) is 0 Å². The lowest BCUT2D eigenvalue weighted by Gasteiger charge is -2.05. The van der Waals surface area contributed by atoms with E-state index in [2.05, 4.69) is 0 Å². The van der Waals surface area contributed by atoms with E-state index in [4.69, 9.17) is 5.26 Å². The van der Waals surface area contributed by atoms with Crippen molar-refractivity contribution in [3.8, 4) is 6.07 Å². The maximum atomic E-state index is 12.0. The van der Waals surface area contributed by atoms with E-state index >= 15 is 0 Å². The number of nitriles is 1. The lowest BCUT2D eigenvalue weighted by atomic mass is 10.3. The number of aromatic amines is 1. The van der Waals surface area contributed by atoms with Crippen LogP contribution in [0.5, 0.6) is 0 Å². The summed E-state index contributed by atoms with van der Waals surface area (Å²) in [5, 5.41) is 8.26. The van der Waals surface area contributed by atoms with Crippen LogP contribution in [-0.4, -0.2) is 4.98 Å². The molecule has 1 rings (SSSR count). The van der Waals surface area contributed by atoms with Gasteiger partial charge in [0.1, 0.15) is 17.5 Å². The second kappa shape index (κ2) is 2.94. The highest BCUT2D eigenvalue weighted by atomic mass is 19.4. The van der Waals surface area contributed by atoms with Crippen LogP contribution in [0.4, 0.5) is 13.2 Å². The fourth-order valence-corrected chi connectivity index (χ4v) is 0.756. The van der Waals surface area contributed by atoms with Gasteiger partial charge in [-0.1, -0.05) is 0 Å². The fourth-order valence-electron chi connectivity index (χ4n) is 0.756. The molecule has 0 spiro atoms. The van der Waals surface area contributed by atoms with Crippen molar-refractivity contribution in [2.24, 2.45) is 0 Å². The third kappa shape index (κ3) is 2.08. The number of pyridine rings is 1. The van der Waals surface area contributed by atoms with Crippen molar-refractivity contribution in [3.05, 3.63) is 33.7 Å². The molecule has 1 aromatic rings. The number of H-pyrrole nitrogens is 1. The third-order valence-electron chi connectivity index (χ3n) is 1.27. The van der Waals surface area contributed by atoms with Gasteiger partial charge in [-0.2, -0.15) is 18.4 Å². The number of nitrogens with zero attached hydrogens (tertiary/aromatic N) is 1. The van der Waals surface area contributed by atoms with Gasteiger partial charge in [-0.15, -0.1) is 0 Å². The van der Waals surface area contributed by atoms with Gasteiger partial charge in [-0.05, 0) is 0 Å². The van der Waals surface area contributed by atoms with Gasteiger partial charge in [-0.25, -0.2) is 0 Å². The molecule has 0 aliphatic heterocycles. The van der Waals surface area contributed by atoms with Crippen LogP contribution < -0.4 is 5.43 Å². The Morgan fingerprint density at radius 2 is 2.00 bits per heavy atom. The Bertz CT molecular complexity index is 413. The third-order valence-corrected chi connectivity index (χ3v) is 1.27. The molecule has 0 saturated carbocycles. The molecule has 0 amide bonds. The maximum absolute atomic E-state index is 12.0. The number of nitrogens with one attached hydrogen (secondary N) is 1.